The minimum atomic E-state index is -0.445. The molecule has 0 saturated carbocycles. The molecule has 1 aromatic rings. The number of ether oxygens (including phenoxy) is 2. The minimum Gasteiger partial charge on any atom is -0.493 e. The number of hydrogen-bond acceptors (Lipinski definition) is 6. The number of nitrogens with zero attached hydrogens (tertiary/aromatic N) is 1. The first-order valence-corrected chi connectivity index (χ1v) is 8.43. The molecule has 6 nitrogen and oxygen atoms in total. The molecule has 2 atom stereocenters. The van der Waals surface area contributed by atoms with Crippen molar-refractivity contribution in [1.29, 1.82) is 5.26 Å². The van der Waals surface area contributed by atoms with Gasteiger partial charge in [0.15, 0.2) is 11.5 Å². The Morgan fingerprint density at radius 2 is 2.08 bits per heavy atom. The summed E-state index contributed by atoms with van der Waals surface area (Å²) in [6.45, 7) is 3.16. The summed E-state index contributed by atoms with van der Waals surface area (Å²) in [6.07, 6.45) is 3.20. The highest BCUT2D eigenvalue weighted by Gasteiger charge is 2.40. The first-order chi connectivity index (χ1) is 12.5. The van der Waals surface area contributed by atoms with Crippen molar-refractivity contribution in [2.45, 2.75) is 32.6 Å². The van der Waals surface area contributed by atoms with Crippen LogP contribution in [0.2, 0.25) is 0 Å². The lowest BCUT2D eigenvalue weighted by Gasteiger charge is -2.36. The number of hydrogen-bond donors (Lipinski definition) is 1. The van der Waals surface area contributed by atoms with Crippen LogP contribution in [0.1, 0.15) is 38.2 Å². The smallest absolute Gasteiger partial charge is 0.308 e. The highest BCUT2D eigenvalue weighted by atomic mass is 16.6. The van der Waals surface area contributed by atoms with Gasteiger partial charge >= 0.3 is 5.97 Å². The number of Topliss-reactive ketones (excluding diaryl/α,β-unsaturated/α-hetero) is 1. The fourth-order valence-electron chi connectivity index (χ4n) is 3.63. The van der Waals surface area contributed by atoms with Crippen molar-refractivity contribution in [3.63, 3.8) is 0 Å². The van der Waals surface area contributed by atoms with Gasteiger partial charge in [0.1, 0.15) is 5.78 Å². The van der Waals surface area contributed by atoms with Crippen molar-refractivity contribution in [2.24, 2.45) is 5.92 Å². The van der Waals surface area contributed by atoms with Crippen LogP contribution in [-0.4, -0.2) is 18.9 Å². The second-order valence-electron chi connectivity index (χ2n) is 6.40. The average molecular weight is 352 g/mol. The SMILES string of the molecule is COc1cc(C2C(C#N)=C(C)NC3=CCCC(=O)C32)ccc1OC(C)=O. The molecule has 134 valence electrons. The minimum absolute atomic E-state index is 0.114. The lowest BCUT2D eigenvalue weighted by atomic mass is 9.71. The predicted molar refractivity (Wildman–Crippen MR) is 94.3 cm³/mol. The van der Waals surface area contributed by atoms with E-state index >= 15 is 0 Å². The van der Waals surface area contributed by atoms with Gasteiger partial charge in [-0.1, -0.05) is 12.1 Å². The Morgan fingerprint density at radius 1 is 1.31 bits per heavy atom. The molecule has 0 radical (unpaired) electrons. The average Bonchev–Trinajstić information content (AvgIpc) is 2.60. The summed E-state index contributed by atoms with van der Waals surface area (Å²) in [7, 11) is 1.48. The summed E-state index contributed by atoms with van der Waals surface area (Å²) in [6, 6.07) is 7.40. The molecular formula is C20H20N2O4. The summed E-state index contributed by atoms with van der Waals surface area (Å²) in [5.74, 6) is -0.433. The van der Waals surface area contributed by atoms with E-state index in [-0.39, 0.29) is 11.7 Å². The van der Waals surface area contributed by atoms with E-state index in [0.717, 1.165) is 17.0 Å². The molecule has 0 saturated heterocycles. The lowest BCUT2D eigenvalue weighted by molar-refractivity contribution is -0.132. The summed E-state index contributed by atoms with van der Waals surface area (Å²) < 4.78 is 10.5. The molecule has 0 spiro atoms. The molecule has 3 rings (SSSR count). The number of allylic oxidation sites excluding steroid dienone is 4. The summed E-state index contributed by atoms with van der Waals surface area (Å²) in [4.78, 5) is 23.9. The number of methoxy groups -OCH3 is 1. The van der Waals surface area contributed by atoms with Gasteiger partial charge in [0.25, 0.3) is 0 Å². The molecule has 6 heteroatoms. The van der Waals surface area contributed by atoms with E-state index in [4.69, 9.17) is 9.47 Å². The van der Waals surface area contributed by atoms with Crippen LogP contribution in [0, 0.1) is 17.2 Å². The van der Waals surface area contributed by atoms with Gasteiger partial charge in [-0.15, -0.1) is 0 Å². The van der Waals surface area contributed by atoms with Crippen molar-refractivity contribution in [1.82, 2.24) is 5.32 Å². The number of carbonyl (C=O) groups excluding carboxylic acids is 2. The normalized spacial score (nSPS) is 21.9. The largest absolute Gasteiger partial charge is 0.493 e. The first kappa shape index (κ1) is 17.7. The van der Waals surface area contributed by atoms with Crippen LogP contribution in [0.5, 0.6) is 11.5 Å². The Hall–Kier alpha value is -3.07. The number of ketones is 1. The fraction of sp³-hybridized carbons (Fsp3) is 0.350. The van der Waals surface area contributed by atoms with Crippen LogP contribution < -0.4 is 14.8 Å². The van der Waals surface area contributed by atoms with E-state index in [9.17, 15) is 14.9 Å². The van der Waals surface area contributed by atoms with Gasteiger partial charge in [0.05, 0.1) is 24.7 Å². The molecule has 1 aliphatic heterocycles. The van der Waals surface area contributed by atoms with Gasteiger partial charge in [-0.25, -0.2) is 0 Å². The molecule has 0 aromatic heterocycles. The highest BCUT2D eigenvalue weighted by molar-refractivity contribution is 5.87. The van der Waals surface area contributed by atoms with Gasteiger partial charge in [-0.3, -0.25) is 9.59 Å². The molecule has 1 aromatic carbocycles. The van der Waals surface area contributed by atoms with Crippen LogP contribution >= 0.6 is 0 Å². The van der Waals surface area contributed by atoms with Crippen molar-refractivity contribution in [2.75, 3.05) is 7.11 Å². The third-order valence-electron chi connectivity index (χ3n) is 4.74. The van der Waals surface area contributed by atoms with E-state index in [2.05, 4.69) is 11.4 Å². The van der Waals surface area contributed by atoms with Crippen LogP contribution in [0.25, 0.3) is 0 Å². The molecular weight excluding hydrogens is 332 g/mol. The van der Waals surface area contributed by atoms with E-state index < -0.39 is 11.9 Å². The molecule has 2 aliphatic rings. The van der Waals surface area contributed by atoms with Gasteiger partial charge in [-0.2, -0.15) is 5.26 Å². The van der Waals surface area contributed by atoms with E-state index in [1.807, 2.05) is 13.0 Å². The topological polar surface area (TPSA) is 88.4 Å². The van der Waals surface area contributed by atoms with Crippen LogP contribution in [0.3, 0.4) is 0 Å². The molecule has 2 unspecified atom stereocenters. The zero-order valence-electron chi connectivity index (χ0n) is 15.0. The third kappa shape index (κ3) is 3.08. The molecule has 0 bridgehead atoms. The Morgan fingerprint density at radius 3 is 2.73 bits per heavy atom. The fourth-order valence-corrected chi connectivity index (χ4v) is 3.63. The number of nitrogens with one attached hydrogen (secondary N) is 1. The van der Waals surface area contributed by atoms with Crippen molar-refractivity contribution in [3.05, 3.63) is 46.8 Å². The lowest BCUT2D eigenvalue weighted by Crippen LogP contribution is -2.38. The van der Waals surface area contributed by atoms with E-state index in [1.54, 1.807) is 18.2 Å². The number of nitriles is 1. The number of benzene rings is 1. The van der Waals surface area contributed by atoms with Gasteiger partial charge in [-0.05, 0) is 31.0 Å². The monoisotopic (exact) mass is 352 g/mol. The molecule has 1 N–H and O–H groups in total. The van der Waals surface area contributed by atoms with Gasteiger partial charge in [0, 0.05) is 30.7 Å². The Bertz CT molecular complexity index is 876. The molecule has 1 aliphatic carbocycles. The highest BCUT2D eigenvalue weighted by Crippen LogP contribution is 2.44. The Kier molecular flexibility index (Phi) is 4.81. The summed E-state index contributed by atoms with van der Waals surface area (Å²) >= 11 is 0. The van der Waals surface area contributed by atoms with E-state index in [0.29, 0.717) is 29.9 Å². The maximum atomic E-state index is 12.6. The quantitative estimate of drug-likeness (QED) is 0.665. The maximum absolute atomic E-state index is 12.6. The second kappa shape index (κ2) is 7.04. The number of rotatable bonds is 3. The van der Waals surface area contributed by atoms with Crippen LogP contribution in [0.15, 0.2) is 41.2 Å². The van der Waals surface area contributed by atoms with Gasteiger partial charge in [0.2, 0.25) is 0 Å². The van der Waals surface area contributed by atoms with Crippen LogP contribution in [0.4, 0.5) is 0 Å². The molecule has 26 heavy (non-hydrogen) atoms. The molecule has 1 heterocycles. The first-order valence-electron chi connectivity index (χ1n) is 8.43. The zero-order valence-corrected chi connectivity index (χ0v) is 15.0. The number of esters is 1. The zero-order chi connectivity index (χ0) is 18.8. The molecule has 0 fully saturated rings. The molecule has 0 amide bonds. The number of fused-ring (bicyclic) bond motifs is 1. The number of carbonyl (C=O) groups is 2. The Balaban J connectivity index is 2.12. The van der Waals surface area contributed by atoms with Crippen LogP contribution in [-0.2, 0) is 9.59 Å². The summed E-state index contributed by atoms with van der Waals surface area (Å²) in [5, 5.41) is 12.9. The van der Waals surface area contributed by atoms with Crippen molar-refractivity contribution >= 4 is 11.8 Å². The standard InChI is InChI=1S/C20H20N2O4/c1-11-14(10-21)19(20-15(22-11)5-4-6-16(20)24)13-7-8-17(26-12(2)23)18(9-13)25-3/h5,7-9,19-20,22H,4,6H2,1-3H3. The Labute approximate surface area is 152 Å². The van der Waals surface area contributed by atoms with E-state index in [1.165, 1.54) is 14.0 Å². The summed E-state index contributed by atoms with van der Waals surface area (Å²) in [5.41, 5.74) is 2.91. The predicted octanol–water partition coefficient (Wildman–Crippen LogP) is 2.97. The van der Waals surface area contributed by atoms with Crippen molar-refractivity contribution in [3.8, 4) is 17.6 Å². The third-order valence-corrected chi connectivity index (χ3v) is 4.74. The van der Waals surface area contributed by atoms with Crippen molar-refractivity contribution < 1.29 is 19.1 Å². The van der Waals surface area contributed by atoms with Gasteiger partial charge < -0.3 is 14.8 Å². The maximum Gasteiger partial charge on any atom is 0.308 e. The second-order valence-corrected chi connectivity index (χ2v) is 6.40.